The van der Waals surface area contributed by atoms with Crippen LogP contribution in [0.4, 0.5) is 0 Å². The molecule has 6 nitrogen and oxygen atoms in total. The summed E-state index contributed by atoms with van der Waals surface area (Å²) >= 11 is 0. The molecule has 1 aromatic heterocycles. The van der Waals surface area contributed by atoms with Crippen molar-refractivity contribution in [3.05, 3.63) is 71.6 Å². The van der Waals surface area contributed by atoms with Crippen molar-refractivity contribution in [2.45, 2.75) is 6.61 Å². The van der Waals surface area contributed by atoms with Gasteiger partial charge in [-0.3, -0.25) is 0 Å². The summed E-state index contributed by atoms with van der Waals surface area (Å²) in [6, 6.07) is 17.4. The maximum Gasteiger partial charge on any atom is 0.151 e. The number of para-hydroxylation sites is 1. The van der Waals surface area contributed by atoms with E-state index < -0.39 is 0 Å². The average Bonchev–Trinajstić information content (AvgIpc) is 3.03. The molecule has 0 saturated heterocycles. The number of rotatable bonds is 5. The molecule has 126 valence electrons. The number of hydrazine groups is 1. The first-order valence-electron chi connectivity index (χ1n) is 7.76. The van der Waals surface area contributed by atoms with Crippen molar-refractivity contribution >= 4 is 16.6 Å². The van der Waals surface area contributed by atoms with Crippen LogP contribution in [0.1, 0.15) is 11.1 Å². The Balaban J connectivity index is 1.85. The van der Waals surface area contributed by atoms with Crippen molar-refractivity contribution in [3.63, 3.8) is 0 Å². The first kappa shape index (κ1) is 16.4. The van der Waals surface area contributed by atoms with Gasteiger partial charge in [-0.2, -0.15) is 5.26 Å². The summed E-state index contributed by atoms with van der Waals surface area (Å²) in [7, 11) is 2.02. The van der Waals surface area contributed by atoms with Crippen LogP contribution >= 0.6 is 0 Å². The van der Waals surface area contributed by atoms with Gasteiger partial charge in [0.25, 0.3) is 0 Å². The van der Waals surface area contributed by atoms with Crippen LogP contribution in [0.2, 0.25) is 0 Å². The zero-order valence-corrected chi connectivity index (χ0v) is 13.9. The smallest absolute Gasteiger partial charge is 0.151 e. The first-order chi connectivity index (χ1) is 12.1. The summed E-state index contributed by atoms with van der Waals surface area (Å²) in [6.07, 6.45) is 2.03. The molecule has 0 radical (unpaired) electrons. The number of nitrogens with one attached hydrogen (secondary N) is 1. The molecule has 0 aliphatic carbocycles. The van der Waals surface area contributed by atoms with Gasteiger partial charge in [-0.1, -0.05) is 30.3 Å². The molecule has 3 rings (SSSR count). The van der Waals surface area contributed by atoms with Crippen LogP contribution in [0.3, 0.4) is 0 Å². The Bertz CT molecular complexity index is 981. The zero-order valence-electron chi connectivity index (χ0n) is 13.9. The van der Waals surface area contributed by atoms with Crippen LogP contribution in [0.5, 0.6) is 5.75 Å². The van der Waals surface area contributed by atoms with Crippen LogP contribution < -0.4 is 21.7 Å². The average molecular weight is 333 g/mol. The minimum absolute atomic E-state index is 0.116. The number of aryl methyl sites for hydroxylation is 1. The van der Waals surface area contributed by atoms with E-state index in [1.54, 1.807) is 12.1 Å². The van der Waals surface area contributed by atoms with Gasteiger partial charge in [-0.25, -0.2) is 5.84 Å². The fourth-order valence-corrected chi connectivity index (χ4v) is 2.79. The zero-order chi connectivity index (χ0) is 17.8. The van der Waals surface area contributed by atoms with Gasteiger partial charge < -0.3 is 20.5 Å². The standard InChI is InChI=1S/C19H19N5O/c1-24-9-8-13-4-2-6-15(19(13)24)12-25-16-7-3-5-14(10-16)18(21)17(11-20)23-22/h2-10,23H,12,21-22H2,1H3/b18-17-. The molecular weight excluding hydrogens is 314 g/mol. The monoisotopic (exact) mass is 333 g/mol. The predicted octanol–water partition coefficient (Wildman–Crippen LogP) is 2.37. The van der Waals surface area contributed by atoms with Gasteiger partial charge in [0.1, 0.15) is 18.4 Å². The van der Waals surface area contributed by atoms with E-state index in [0.29, 0.717) is 17.9 Å². The number of hydrogen-bond acceptors (Lipinski definition) is 5. The van der Waals surface area contributed by atoms with Crippen molar-refractivity contribution in [2.75, 3.05) is 0 Å². The molecule has 5 N–H and O–H groups in total. The number of fused-ring (bicyclic) bond motifs is 1. The van der Waals surface area contributed by atoms with E-state index in [1.807, 2.05) is 43.6 Å². The van der Waals surface area contributed by atoms with E-state index in [2.05, 4.69) is 22.1 Å². The largest absolute Gasteiger partial charge is 0.489 e. The third kappa shape index (κ3) is 3.27. The van der Waals surface area contributed by atoms with Gasteiger partial charge in [0.05, 0.1) is 11.2 Å². The molecule has 2 aromatic carbocycles. The second-order valence-corrected chi connectivity index (χ2v) is 5.64. The summed E-state index contributed by atoms with van der Waals surface area (Å²) in [4.78, 5) is 0. The summed E-state index contributed by atoms with van der Waals surface area (Å²) in [5.74, 6) is 5.97. The molecule has 1 heterocycles. The minimum Gasteiger partial charge on any atom is -0.489 e. The highest BCUT2D eigenvalue weighted by Gasteiger charge is 2.08. The molecule has 0 fully saturated rings. The topological polar surface area (TPSA) is 102 Å². The predicted molar refractivity (Wildman–Crippen MR) is 97.7 cm³/mol. The molecule has 0 aliphatic rings. The molecule has 0 unspecified atom stereocenters. The second-order valence-electron chi connectivity index (χ2n) is 5.64. The van der Waals surface area contributed by atoms with E-state index in [1.165, 1.54) is 5.39 Å². The van der Waals surface area contributed by atoms with E-state index in [9.17, 15) is 0 Å². The van der Waals surface area contributed by atoms with Crippen LogP contribution in [-0.4, -0.2) is 4.57 Å². The molecule has 6 heteroatoms. The van der Waals surface area contributed by atoms with E-state index in [4.69, 9.17) is 21.6 Å². The Hall–Kier alpha value is -3.43. The summed E-state index contributed by atoms with van der Waals surface area (Å²) in [5.41, 5.74) is 11.6. The summed E-state index contributed by atoms with van der Waals surface area (Å²) < 4.78 is 8.02. The lowest BCUT2D eigenvalue weighted by Crippen LogP contribution is -2.23. The molecule has 0 spiro atoms. The number of ether oxygens (including phenoxy) is 1. The lowest BCUT2D eigenvalue weighted by molar-refractivity contribution is 0.307. The minimum atomic E-state index is 0.116. The van der Waals surface area contributed by atoms with Gasteiger partial charge >= 0.3 is 0 Å². The van der Waals surface area contributed by atoms with Crippen molar-refractivity contribution in [2.24, 2.45) is 18.6 Å². The Morgan fingerprint density at radius 2 is 2.04 bits per heavy atom. The highest BCUT2D eigenvalue weighted by Crippen LogP contribution is 2.23. The number of benzene rings is 2. The van der Waals surface area contributed by atoms with Crippen molar-refractivity contribution in [1.82, 2.24) is 9.99 Å². The van der Waals surface area contributed by atoms with Crippen LogP contribution in [-0.2, 0) is 13.7 Å². The van der Waals surface area contributed by atoms with Crippen LogP contribution in [0.15, 0.2) is 60.4 Å². The quantitative estimate of drug-likeness (QED) is 0.378. The van der Waals surface area contributed by atoms with Gasteiger partial charge in [0, 0.05) is 24.4 Å². The molecule has 25 heavy (non-hydrogen) atoms. The van der Waals surface area contributed by atoms with Gasteiger partial charge in [-0.15, -0.1) is 0 Å². The van der Waals surface area contributed by atoms with E-state index in [0.717, 1.165) is 11.1 Å². The van der Waals surface area contributed by atoms with Crippen molar-refractivity contribution in [1.29, 1.82) is 5.26 Å². The normalized spacial score (nSPS) is 11.7. The lowest BCUT2D eigenvalue weighted by atomic mass is 10.1. The Morgan fingerprint density at radius 3 is 2.80 bits per heavy atom. The molecular formula is C19H19N5O. The molecule has 0 aliphatic heterocycles. The molecule has 0 saturated carbocycles. The maximum atomic E-state index is 9.02. The highest BCUT2D eigenvalue weighted by molar-refractivity contribution is 5.83. The summed E-state index contributed by atoms with van der Waals surface area (Å²) in [6.45, 7) is 0.433. The van der Waals surface area contributed by atoms with E-state index in [-0.39, 0.29) is 11.4 Å². The van der Waals surface area contributed by atoms with Crippen molar-refractivity contribution < 1.29 is 4.74 Å². The first-order valence-corrected chi connectivity index (χ1v) is 7.76. The van der Waals surface area contributed by atoms with Crippen LogP contribution in [0, 0.1) is 11.3 Å². The molecule has 3 aromatic rings. The highest BCUT2D eigenvalue weighted by atomic mass is 16.5. The fraction of sp³-hybridized carbons (Fsp3) is 0.105. The van der Waals surface area contributed by atoms with Gasteiger partial charge in [-0.05, 0) is 23.6 Å². The SMILES string of the molecule is Cn1ccc2cccc(COc3cccc(/C(N)=C(\C#N)NN)c3)c21. The number of aromatic nitrogens is 1. The number of nitrogens with zero attached hydrogens (tertiary/aromatic N) is 2. The van der Waals surface area contributed by atoms with Gasteiger partial charge in [0.15, 0.2) is 5.70 Å². The number of nitriles is 1. The number of allylic oxidation sites excluding steroid dienone is 1. The third-order valence-corrected chi connectivity index (χ3v) is 4.05. The van der Waals surface area contributed by atoms with Crippen LogP contribution in [0.25, 0.3) is 16.6 Å². The Kier molecular flexibility index (Phi) is 4.59. The fourth-order valence-electron chi connectivity index (χ4n) is 2.79. The van der Waals surface area contributed by atoms with E-state index >= 15 is 0 Å². The summed E-state index contributed by atoms with van der Waals surface area (Å²) in [5, 5.41) is 10.2. The lowest BCUT2D eigenvalue weighted by Gasteiger charge is -2.11. The number of hydrogen-bond donors (Lipinski definition) is 3. The Labute approximate surface area is 145 Å². The van der Waals surface area contributed by atoms with Gasteiger partial charge in [0.2, 0.25) is 0 Å². The molecule has 0 bridgehead atoms. The Morgan fingerprint density at radius 1 is 1.24 bits per heavy atom. The third-order valence-electron chi connectivity index (χ3n) is 4.05. The van der Waals surface area contributed by atoms with Crippen molar-refractivity contribution in [3.8, 4) is 11.8 Å². The molecule has 0 amide bonds. The second kappa shape index (κ2) is 6.99. The maximum absolute atomic E-state index is 9.02. The number of nitrogens with two attached hydrogens (primary N) is 2. The molecule has 0 atom stereocenters.